The van der Waals surface area contributed by atoms with Crippen molar-refractivity contribution in [3.05, 3.63) is 147 Å². The Kier molecular flexibility index (Phi) is 11.6. The van der Waals surface area contributed by atoms with Crippen LogP contribution in [0.15, 0.2) is 89.9 Å². The SMILES string of the molecule is CC1=C(c2c(F)cc(F)cc2F)COc2ccc(O)cc21.Cc1sc2c(c1C)C(c1ccc(N3CCC4(CCN(C(=O)COc5ccccc5)CC4)C3)cc1)=N[C@@H](C)c1nnc(C)n1-2. The third-order valence-electron chi connectivity index (χ3n) is 13.1. The fourth-order valence-electron chi connectivity index (χ4n) is 9.31. The van der Waals surface area contributed by atoms with Crippen LogP contribution in [-0.2, 0) is 4.79 Å². The number of aliphatic imine (C=N–C) groups is 1. The van der Waals surface area contributed by atoms with Crippen molar-refractivity contribution in [3.8, 4) is 22.2 Å². The van der Waals surface area contributed by atoms with Crippen LogP contribution >= 0.6 is 11.3 Å². The van der Waals surface area contributed by atoms with Gasteiger partial charge in [-0.1, -0.05) is 30.3 Å². The summed E-state index contributed by atoms with van der Waals surface area (Å²) in [5, 5.41) is 19.6. The smallest absolute Gasteiger partial charge is 0.260 e. The number of anilines is 1. The molecule has 6 aromatic rings. The lowest BCUT2D eigenvalue weighted by Gasteiger charge is -2.39. The van der Waals surface area contributed by atoms with E-state index in [4.69, 9.17) is 14.5 Å². The minimum absolute atomic E-state index is 0.0247. The predicted molar refractivity (Wildman–Crippen MR) is 243 cm³/mol. The second kappa shape index (κ2) is 17.3. The Labute approximate surface area is 374 Å². The van der Waals surface area contributed by atoms with Crippen molar-refractivity contribution in [2.75, 3.05) is 44.3 Å². The number of allylic oxidation sites excluding steroid dienone is 1. The number of aryl methyl sites for hydroxylation is 2. The molecule has 2 fully saturated rings. The third-order valence-corrected chi connectivity index (χ3v) is 14.3. The molecule has 10 nitrogen and oxygen atoms in total. The molecule has 6 heterocycles. The zero-order valence-electron chi connectivity index (χ0n) is 36.4. The van der Waals surface area contributed by atoms with Crippen molar-refractivity contribution >= 4 is 39.8 Å². The molecule has 4 aliphatic rings. The first-order valence-corrected chi connectivity index (χ1v) is 22.3. The van der Waals surface area contributed by atoms with Crippen molar-refractivity contribution in [2.24, 2.45) is 10.4 Å². The van der Waals surface area contributed by atoms with Gasteiger partial charge in [0.2, 0.25) is 0 Å². The summed E-state index contributed by atoms with van der Waals surface area (Å²) in [7, 11) is 0. The molecule has 1 atom stereocenters. The summed E-state index contributed by atoms with van der Waals surface area (Å²) in [5.74, 6) is 0.233. The van der Waals surface area contributed by atoms with Gasteiger partial charge in [-0.05, 0) is 113 Å². The summed E-state index contributed by atoms with van der Waals surface area (Å²) in [6.07, 6.45) is 3.24. The molecule has 4 aromatic carbocycles. The molecule has 10 rings (SSSR count). The molecule has 2 saturated heterocycles. The highest BCUT2D eigenvalue weighted by atomic mass is 32.1. The molecule has 330 valence electrons. The van der Waals surface area contributed by atoms with Crippen LogP contribution in [0.1, 0.15) is 83.5 Å². The van der Waals surface area contributed by atoms with Crippen LogP contribution in [0.2, 0.25) is 0 Å². The molecule has 0 saturated carbocycles. The number of ether oxygens (including phenoxy) is 2. The molecule has 1 amide bonds. The van der Waals surface area contributed by atoms with Crippen molar-refractivity contribution < 1.29 is 32.5 Å². The zero-order chi connectivity index (χ0) is 44.9. The predicted octanol–water partition coefficient (Wildman–Crippen LogP) is 10.2. The highest BCUT2D eigenvalue weighted by molar-refractivity contribution is 7.15. The minimum Gasteiger partial charge on any atom is -0.508 e. The largest absolute Gasteiger partial charge is 0.508 e. The third kappa shape index (κ3) is 8.15. The maximum absolute atomic E-state index is 13.9. The number of fused-ring (bicyclic) bond motifs is 4. The number of phenols is 1. The molecule has 64 heavy (non-hydrogen) atoms. The number of para-hydroxylation sites is 1. The number of nitrogens with zero attached hydrogens (tertiary/aromatic N) is 6. The van der Waals surface area contributed by atoms with Crippen LogP contribution in [0.25, 0.3) is 16.1 Å². The number of likely N-dealkylation sites (tertiary alicyclic amines) is 1. The van der Waals surface area contributed by atoms with E-state index in [1.165, 1.54) is 33.8 Å². The highest BCUT2D eigenvalue weighted by Crippen LogP contribution is 2.44. The fraction of sp³-hybridized carbons (Fsp3) is 0.320. The van der Waals surface area contributed by atoms with Crippen molar-refractivity contribution in [1.29, 1.82) is 0 Å². The first kappa shape index (κ1) is 42.9. The number of benzene rings is 4. The molecule has 2 aromatic heterocycles. The number of halogens is 3. The van der Waals surface area contributed by atoms with Crippen molar-refractivity contribution in [2.45, 2.75) is 59.9 Å². The number of carbonyl (C=O) groups excluding carboxylic acids is 1. The van der Waals surface area contributed by atoms with E-state index in [2.05, 4.69) is 64.7 Å². The summed E-state index contributed by atoms with van der Waals surface area (Å²) >= 11 is 1.79. The Hall–Kier alpha value is -6.41. The van der Waals surface area contributed by atoms with E-state index in [-0.39, 0.29) is 41.9 Å². The average Bonchev–Trinajstić information content (AvgIpc) is 3.95. The number of rotatable bonds is 6. The number of amides is 1. The summed E-state index contributed by atoms with van der Waals surface area (Å²) in [5.41, 5.74) is 7.28. The van der Waals surface area contributed by atoms with Gasteiger partial charge >= 0.3 is 0 Å². The first-order valence-electron chi connectivity index (χ1n) is 21.5. The molecule has 0 bridgehead atoms. The van der Waals surface area contributed by atoms with Gasteiger partial charge in [0.1, 0.15) is 58.2 Å². The number of aromatic hydroxyl groups is 1. The Morgan fingerprint density at radius 2 is 1.59 bits per heavy atom. The van der Waals surface area contributed by atoms with Crippen molar-refractivity contribution in [3.63, 3.8) is 0 Å². The van der Waals surface area contributed by atoms with Crippen LogP contribution in [0.3, 0.4) is 0 Å². The minimum atomic E-state index is -0.978. The van der Waals surface area contributed by atoms with E-state index >= 15 is 0 Å². The van der Waals surface area contributed by atoms with E-state index < -0.39 is 17.5 Å². The average molecular weight is 887 g/mol. The zero-order valence-corrected chi connectivity index (χ0v) is 37.2. The molecular formula is C50H49F3N6O4S. The number of hydrogen-bond donors (Lipinski definition) is 1. The molecule has 1 N–H and O–H groups in total. The Balaban J connectivity index is 0.000000207. The molecule has 0 radical (unpaired) electrons. The number of carbonyl (C=O) groups is 1. The normalized spacial score (nSPS) is 17.4. The highest BCUT2D eigenvalue weighted by Gasteiger charge is 2.41. The van der Waals surface area contributed by atoms with Gasteiger partial charge in [-0.2, -0.15) is 0 Å². The van der Waals surface area contributed by atoms with Gasteiger partial charge in [0.15, 0.2) is 12.4 Å². The summed E-state index contributed by atoms with van der Waals surface area (Å²) in [6, 6.07) is 24.2. The van der Waals surface area contributed by atoms with Crippen molar-refractivity contribution in [1.82, 2.24) is 19.7 Å². The molecular weight excluding hydrogens is 838 g/mol. The Morgan fingerprint density at radius 1 is 0.891 bits per heavy atom. The van der Waals surface area contributed by atoms with Crippen LogP contribution < -0.4 is 14.4 Å². The van der Waals surface area contributed by atoms with E-state index in [1.54, 1.807) is 24.3 Å². The van der Waals surface area contributed by atoms with E-state index in [9.17, 15) is 23.1 Å². The van der Waals surface area contributed by atoms with Gasteiger partial charge < -0.3 is 24.4 Å². The number of aromatic nitrogens is 3. The Bertz CT molecular complexity index is 2790. The van der Waals surface area contributed by atoms with Gasteiger partial charge in [0.25, 0.3) is 5.91 Å². The van der Waals surface area contributed by atoms with E-state index in [0.29, 0.717) is 34.6 Å². The second-order valence-electron chi connectivity index (χ2n) is 17.1. The van der Waals surface area contributed by atoms with Gasteiger partial charge in [-0.15, -0.1) is 21.5 Å². The Morgan fingerprint density at radius 3 is 2.31 bits per heavy atom. The van der Waals surface area contributed by atoms with Gasteiger partial charge in [-0.3, -0.25) is 14.4 Å². The van der Waals surface area contributed by atoms with E-state index in [0.717, 1.165) is 79.1 Å². The topological polar surface area (TPSA) is 105 Å². The summed E-state index contributed by atoms with van der Waals surface area (Å²) in [4.78, 5) is 23.8. The molecule has 14 heteroatoms. The maximum atomic E-state index is 13.9. The van der Waals surface area contributed by atoms with Crippen LogP contribution in [0, 0.1) is 43.6 Å². The monoisotopic (exact) mass is 886 g/mol. The quantitative estimate of drug-likeness (QED) is 0.178. The number of thiophene rings is 1. The van der Waals surface area contributed by atoms with Crippen LogP contribution in [-0.4, -0.2) is 75.8 Å². The van der Waals surface area contributed by atoms with Crippen LogP contribution in [0.5, 0.6) is 17.2 Å². The number of piperidine rings is 1. The van der Waals surface area contributed by atoms with Gasteiger partial charge in [0, 0.05) is 71.1 Å². The summed E-state index contributed by atoms with van der Waals surface area (Å²) in [6.45, 7) is 13.9. The first-order chi connectivity index (χ1) is 30.8. The van der Waals surface area contributed by atoms with E-state index in [1.807, 2.05) is 42.2 Å². The number of phenolic OH excluding ortho intramolecular Hbond substituents is 1. The van der Waals surface area contributed by atoms with Gasteiger partial charge in [-0.25, -0.2) is 13.2 Å². The van der Waals surface area contributed by atoms with Gasteiger partial charge in [0.05, 0.1) is 11.3 Å². The lowest BCUT2D eigenvalue weighted by Crippen LogP contribution is -2.45. The van der Waals surface area contributed by atoms with Crippen LogP contribution in [0.4, 0.5) is 18.9 Å². The molecule has 0 unspecified atom stereocenters. The molecule has 1 spiro atoms. The standard InChI is InChI=1S/C34H38N6O2S.C16H11F3O2/c1-22-24(3)43-33-30(22)31(35-23(2)32-37-36-25(4)40(32)33)26-10-12-27(13-11-26)39-19-16-34(21-39)14-17-38(18-15-34)29(41)20-42-28-8-6-5-7-9-28;1-8-11-6-10(20)2-3-15(11)21-7-12(8)16-13(18)4-9(17)5-14(16)19/h5-13,23H,14-21H2,1-4H3;2-6,20H,7H2,1H3/t23-;/m0./s1. The summed E-state index contributed by atoms with van der Waals surface area (Å²) < 4.78 is 54.2. The fourth-order valence-corrected chi connectivity index (χ4v) is 10.5. The molecule has 0 aliphatic carbocycles. The lowest BCUT2D eigenvalue weighted by molar-refractivity contribution is -0.135. The second-order valence-corrected chi connectivity index (χ2v) is 18.3. The molecule has 4 aliphatic heterocycles. The number of hydrogen-bond acceptors (Lipinski definition) is 9. The lowest BCUT2D eigenvalue weighted by atomic mass is 9.78. The maximum Gasteiger partial charge on any atom is 0.260 e.